The molecule has 0 aromatic heterocycles. The third kappa shape index (κ3) is 6.18. The van der Waals surface area contributed by atoms with Crippen LogP contribution in [0, 0.1) is 0 Å². The van der Waals surface area contributed by atoms with Crippen LogP contribution in [0.5, 0.6) is 0 Å². The highest BCUT2D eigenvalue weighted by Gasteiger charge is 2.64. The molecule has 1 fully saturated rings. The molecule has 0 aliphatic carbocycles. The Labute approximate surface area is 215 Å². The maximum Gasteiger partial charge on any atom is 0.341 e. The Kier molecular flexibility index (Phi) is 9.41. The van der Waals surface area contributed by atoms with Crippen molar-refractivity contribution in [1.82, 2.24) is 5.32 Å². The molecular formula is C27H35NO9. The van der Waals surface area contributed by atoms with Crippen molar-refractivity contribution in [2.45, 2.75) is 67.8 Å². The molecule has 6 atom stereocenters. The van der Waals surface area contributed by atoms with Gasteiger partial charge in [0.05, 0.1) is 25.9 Å². The van der Waals surface area contributed by atoms with E-state index in [4.69, 9.17) is 9.47 Å². The van der Waals surface area contributed by atoms with Crippen molar-refractivity contribution < 1.29 is 44.6 Å². The summed E-state index contributed by atoms with van der Waals surface area (Å²) in [4.78, 5) is 25.4. The van der Waals surface area contributed by atoms with Gasteiger partial charge in [-0.15, -0.1) is 0 Å². The zero-order valence-corrected chi connectivity index (χ0v) is 20.9. The van der Waals surface area contributed by atoms with E-state index in [0.29, 0.717) is 11.1 Å². The number of carbonyl (C=O) groups excluding carboxylic acids is 2. The molecule has 10 nitrogen and oxygen atoms in total. The van der Waals surface area contributed by atoms with Gasteiger partial charge in [0.1, 0.15) is 23.9 Å². The fourth-order valence-electron chi connectivity index (χ4n) is 5.02. The molecule has 37 heavy (non-hydrogen) atoms. The second kappa shape index (κ2) is 12.1. The van der Waals surface area contributed by atoms with Crippen molar-refractivity contribution >= 4 is 11.9 Å². The van der Waals surface area contributed by atoms with E-state index in [0.717, 1.165) is 7.11 Å². The van der Waals surface area contributed by atoms with Gasteiger partial charge in [0.15, 0.2) is 5.60 Å². The minimum absolute atomic E-state index is 0.0965. The highest BCUT2D eigenvalue weighted by molar-refractivity contribution is 5.82. The van der Waals surface area contributed by atoms with Crippen LogP contribution in [0.3, 0.4) is 0 Å². The first-order valence-corrected chi connectivity index (χ1v) is 12.1. The Morgan fingerprint density at radius 3 is 2.03 bits per heavy atom. The van der Waals surface area contributed by atoms with E-state index in [2.05, 4.69) is 5.32 Å². The third-order valence-corrected chi connectivity index (χ3v) is 6.84. The highest BCUT2D eigenvalue weighted by Crippen LogP contribution is 2.43. The smallest absolute Gasteiger partial charge is 0.341 e. The van der Waals surface area contributed by atoms with Crippen molar-refractivity contribution in [2.75, 3.05) is 13.7 Å². The molecule has 202 valence electrons. The SMILES string of the molecule is COC(=O)[C@@]1(C(O)(Cc2ccccc2)Cc2ccccc2)C[C@H](O)[C@@H](NC(C)=O)[C@H]([C@@H](O)[C@H](O)CO)O1. The summed E-state index contributed by atoms with van der Waals surface area (Å²) in [6, 6.07) is 16.5. The Morgan fingerprint density at radius 1 is 1.08 bits per heavy atom. The monoisotopic (exact) mass is 517 g/mol. The molecule has 0 radical (unpaired) electrons. The normalized spacial score (nSPS) is 25.6. The van der Waals surface area contributed by atoms with Crippen molar-refractivity contribution in [3.8, 4) is 0 Å². The maximum atomic E-state index is 13.5. The van der Waals surface area contributed by atoms with Gasteiger partial charge in [-0.05, 0) is 11.1 Å². The lowest BCUT2D eigenvalue weighted by molar-refractivity contribution is -0.276. The van der Waals surface area contributed by atoms with Crippen molar-refractivity contribution in [2.24, 2.45) is 0 Å². The second-order valence-electron chi connectivity index (χ2n) is 9.50. The van der Waals surface area contributed by atoms with Gasteiger partial charge < -0.3 is 40.3 Å². The van der Waals surface area contributed by atoms with Crippen LogP contribution in [0.25, 0.3) is 0 Å². The molecule has 1 aliphatic heterocycles. The number of benzene rings is 2. The van der Waals surface area contributed by atoms with Crippen LogP contribution in [-0.4, -0.2) is 92.8 Å². The van der Waals surface area contributed by atoms with Gasteiger partial charge in [0, 0.05) is 26.2 Å². The number of nitrogens with one attached hydrogen (secondary N) is 1. The first kappa shape index (κ1) is 28.7. The Hall–Kier alpha value is -2.86. The summed E-state index contributed by atoms with van der Waals surface area (Å²) in [5, 5.41) is 56.5. The molecule has 3 rings (SSSR count). The number of aliphatic hydroxyl groups is 5. The summed E-state index contributed by atoms with van der Waals surface area (Å²) in [7, 11) is 1.11. The Morgan fingerprint density at radius 2 is 1.59 bits per heavy atom. The second-order valence-corrected chi connectivity index (χ2v) is 9.50. The first-order valence-electron chi connectivity index (χ1n) is 12.1. The number of esters is 1. The molecule has 1 saturated heterocycles. The Bertz CT molecular complexity index is 993. The van der Waals surface area contributed by atoms with Gasteiger partial charge in [-0.2, -0.15) is 0 Å². The summed E-state index contributed by atoms with van der Waals surface area (Å²) >= 11 is 0. The van der Waals surface area contributed by atoms with Gasteiger partial charge >= 0.3 is 5.97 Å². The van der Waals surface area contributed by atoms with E-state index < -0.39 is 66.6 Å². The average Bonchev–Trinajstić information content (AvgIpc) is 2.89. The zero-order chi connectivity index (χ0) is 27.2. The molecule has 2 aromatic carbocycles. The quantitative estimate of drug-likeness (QED) is 0.228. The minimum atomic E-state index is -2.23. The van der Waals surface area contributed by atoms with Crippen molar-refractivity contribution in [3.05, 3.63) is 71.8 Å². The van der Waals surface area contributed by atoms with Crippen LogP contribution < -0.4 is 5.32 Å². The number of methoxy groups -OCH3 is 1. The maximum absolute atomic E-state index is 13.5. The van der Waals surface area contributed by atoms with E-state index in [1.165, 1.54) is 6.92 Å². The summed E-state index contributed by atoms with van der Waals surface area (Å²) in [6.07, 6.45) is -7.33. The number of aliphatic hydroxyl groups excluding tert-OH is 4. The van der Waals surface area contributed by atoms with Gasteiger partial charge in [0.25, 0.3) is 0 Å². The predicted octanol–water partition coefficient (Wildman–Crippen LogP) is -0.517. The fourth-order valence-corrected chi connectivity index (χ4v) is 5.02. The van der Waals surface area contributed by atoms with Crippen LogP contribution in [0.15, 0.2) is 60.7 Å². The van der Waals surface area contributed by atoms with Crippen molar-refractivity contribution in [3.63, 3.8) is 0 Å². The van der Waals surface area contributed by atoms with Gasteiger partial charge in [-0.1, -0.05) is 60.7 Å². The predicted molar refractivity (Wildman–Crippen MR) is 132 cm³/mol. The summed E-state index contributed by atoms with van der Waals surface area (Å²) in [5.74, 6) is -1.56. The van der Waals surface area contributed by atoms with E-state index in [1.54, 1.807) is 60.7 Å². The summed E-state index contributed by atoms with van der Waals surface area (Å²) < 4.78 is 11.3. The van der Waals surface area contributed by atoms with Gasteiger partial charge in [-0.3, -0.25) is 4.79 Å². The van der Waals surface area contributed by atoms with E-state index in [9.17, 15) is 35.1 Å². The lowest BCUT2D eigenvalue weighted by atomic mass is 9.68. The molecular weight excluding hydrogens is 482 g/mol. The number of hydrogen-bond donors (Lipinski definition) is 6. The molecule has 1 amide bonds. The molecule has 2 aromatic rings. The zero-order valence-electron chi connectivity index (χ0n) is 20.9. The number of ether oxygens (including phenoxy) is 2. The molecule has 1 aliphatic rings. The topological polar surface area (TPSA) is 166 Å². The van der Waals surface area contributed by atoms with Crippen LogP contribution >= 0.6 is 0 Å². The van der Waals surface area contributed by atoms with Gasteiger partial charge in [0.2, 0.25) is 5.91 Å². The van der Waals surface area contributed by atoms with Crippen LogP contribution in [-0.2, 0) is 31.9 Å². The van der Waals surface area contributed by atoms with E-state index >= 15 is 0 Å². The largest absolute Gasteiger partial charge is 0.467 e. The van der Waals surface area contributed by atoms with Crippen molar-refractivity contribution in [1.29, 1.82) is 0 Å². The molecule has 0 saturated carbocycles. The molecule has 0 spiro atoms. The third-order valence-electron chi connectivity index (χ3n) is 6.84. The number of carbonyl (C=O) groups is 2. The van der Waals surface area contributed by atoms with E-state index in [-0.39, 0.29) is 12.8 Å². The lowest BCUT2D eigenvalue weighted by Gasteiger charge is -2.53. The lowest BCUT2D eigenvalue weighted by Crippen LogP contribution is -2.74. The molecule has 1 heterocycles. The highest BCUT2D eigenvalue weighted by atomic mass is 16.6. The van der Waals surface area contributed by atoms with Crippen LogP contribution in [0.2, 0.25) is 0 Å². The number of hydrogen-bond acceptors (Lipinski definition) is 9. The van der Waals surface area contributed by atoms with Crippen LogP contribution in [0.1, 0.15) is 24.5 Å². The van der Waals surface area contributed by atoms with Crippen LogP contribution in [0.4, 0.5) is 0 Å². The molecule has 0 unspecified atom stereocenters. The molecule has 10 heteroatoms. The summed E-state index contributed by atoms with van der Waals surface area (Å²) in [6.45, 7) is 0.343. The minimum Gasteiger partial charge on any atom is -0.467 e. The first-order chi connectivity index (χ1) is 17.6. The standard InChI is InChI=1S/C27H35NO9/c1-17(30)28-22-20(31)15-27(25(34)36-2,37-24(22)23(33)21(32)16-29)26(35,13-18-9-5-3-6-10-18)14-19-11-7-4-8-12-19/h3-12,20-24,29,31-33,35H,13-16H2,1-2H3,(H,28,30)/t20-,21+,22+,23-,24+,27+/m0/s1. The number of rotatable bonds is 10. The number of amides is 1. The molecule has 0 bridgehead atoms. The molecule has 6 N–H and O–H groups in total. The summed E-state index contributed by atoms with van der Waals surface area (Å²) in [5.41, 5.74) is -2.92. The average molecular weight is 518 g/mol. The van der Waals surface area contributed by atoms with Gasteiger partial charge in [-0.25, -0.2) is 4.79 Å². The van der Waals surface area contributed by atoms with E-state index in [1.807, 2.05) is 0 Å². The Balaban J connectivity index is 2.18. The fraction of sp³-hybridized carbons (Fsp3) is 0.481.